The molecule has 1 unspecified atom stereocenters. The zero-order valence-electron chi connectivity index (χ0n) is 18.5. The lowest BCUT2D eigenvalue weighted by Crippen LogP contribution is -2.49. The molecule has 164 valence electrons. The molecule has 0 radical (unpaired) electrons. The molecule has 3 amide bonds. The molecule has 1 saturated heterocycles. The lowest BCUT2D eigenvalue weighted by Gasteiger charge is -2.34. The van der Waals surface area contributed by atoms with E-state index in [0.717, 1.165) is 17.7 Å². The molecule has 1 aromatic carbocycles. The Morgan fingerprint density at radius 3 is 2.47 bits per heavy atom. The third-order valence-corrected chi connectivity index (χ3v) is 5.82. The van der Waals surface area contributed by atoms with Crippen molar-refractivity contribution in [3.63, 3.8) is 0 Å². The Kier molecular flexibility index (Phi) is 5.47. The maximum Gasteiger partial charge on any atom is 0.414 e. The first-order valence-corrected chi connectivity index (χ1v) is 10.2. The van der Waals surface area contributed by atoms with Crippen LogP contribution in [0.1, 0.15) is 47.1 Å². The molecule has 2 atom stereocenters. The van der Waals surface area contributed by atoms with Gasteiger partial charge in [-0.3, -0.25) is 14.6 Å². The number of rotatable bonds is 4. The predicted octanol–water partition coefficient (Wildman–Crippen LogP) is 3.72. The number of nitrogens with zero attached hydrogens (tertiary/aromatic N) is 3. The van der Waals surface area contributed by atoms with Gasteiger partial charge in [0.25, 0.3) is 0 Å². The fourth-order valence-corrected chi connectivity index (χ4v) is 4.15. The average molecular weight is 418 g/mol. The molecule has 1 N–H and O–H groups in total. The number of carbonyl (C=O) groups excluding carboxylic acids is 2. The molecule has 2 aliphatic heterocycles. The minimum Gasteiger partial charge on any atom is -0.465 e. The molecule has 1 fully saturated rings. The molecule has 0 aromatic heterocycles. The molecule has 2 aliphatic rings. The topological polar surface area (TPSA) is 90.4 Å². The number of carbonyl (C=O) groups is 3. The van der Waals surface area contributed by atoms with Crippen LogP contribution in [0.5, 0.6) is 0 Å². The number of anilines is 2. The number of hydrogen-bond donors (Lipinski definition) is 1. The van der Waals surface area contributed by atoms with E-state index in [-0.39, 0.29) is 24.5 Å². The van der Waals surface area contributed by atoms with E-state index >= 15 is 0 Å². The van der Waals surface area contributed by atoms with Gasteiger partial charge in [0.2, 0.25) is 6.41 Å². The van der Waals surface area contributed by atoms with Crippen molar-refractivity contribution in [3.05, 3.63) is 23.8 Å². The van der Waals surface area contributed by atoms with E-state index in [4.69, 9.17) is 4.74 Å². The third-order valence-electron chi connectivity index (χ3n) is 5.82. The first-order chi connectivity index (χ1) is 13.8. The summed E-state index contributed by atoms with van der Waals surface area (Å²) in [5.41, 5.74) is 1.89. The van der Waals surface area contributed by atoms with Gasteiger partial charge in [0.15, 0.2) is 0 Å². The van der Waals surface area contributed by atoms with Crippen LogP contribution >= 0.6 is 0 Å². The van der Waals surface area contributed by atoms with Crippen LogP contribution in [0.3, 0.4) is 0 Å². The Hall–Kier alpha value is -2.77. The summed E-state index contributed by atoms with van der Waals surface area (Å²) in [6.45, 7) is 12.1. The van der Waals surface area contributed by atoms with Gasteiger partial charge >= 0.3 is 12.2 Å². The van der Waals surface area contributed by atoms with Gasteiger partial charge in [-0.1, -0.05) is 20.8 Å². The quantitative estimate of drug-likeness (QED) is 0.754. The van der Waals surface area contributed by atoms with E-state index in [1.165, 1.54) is 9.80 Å². The Morgan fingerprint density at radius 1 is 1.27 bits per heavy atom. The number of benzene rings is 1. The lowest BCUT2D eigenvalue weighted by molar-refractivity contribution is -0.108. The van der Waals surface area contributed by atoms with E-state index in [1.807, 2.05) is 18.2 Å². The van der Waals surface area contributed by atoms with Gasteiger partial charge in [-0.2, -0.15) is 0 Å². The third kappa shape index (κ3) is 4.08. The number of hydrogen-bond acceptors (Lipinski definition) is 4. The largest absolute Gasteiger partial charge is 0.465 e. The van der Waals surface area contributed by atoms with Crippen LogP contribution < -0.4 is 9.80 Å². The second kappa shape index (κ2) is 7.49. The number of ether oxygens (including phenoxy) is 1. The van der Waals surface area contributed by atoms with Crippen LogP contribution in [-0.4, -0.2) is 59.4 Å². The van der Waals surface area contributed by atoms with Crippen molar-refractivity contribution in [2.45, 2.75) is 65.6 Å². The van der Waals surface area contributed by atoms with Crippen molar-refractivity contribution in [1.29, 1.82) is 0 Å². The van der Waals surface area contributed by atoms with Gasteiger partial charge in [0.05, 0.1) is 13.1 Å². The molecule has 0 bridgehead atoms. The van der Waals surface area contributed by atoms with Crippen LogP contribution in [0.4, 0.5) is 21.0 Å². The Morgan fingerprint density at radius 2 is 1.93 bits per heavy atom. The molecule has 8 nitrogen and oxygen atoms in total. The summed E-state index contributed by atoms with van der Waals surface area (Å²) in [4.78, 5) is 40.4. The zero-order valence-corrected chi connectivity index (χ0v) is 18.5. The molecular formula is C22H31N3O5. The highest BCUT2D eigenvalue weighted by molar-refractivity contribution is 5.91. The maximum absolute atomic E-state index is 12.5. The summed E-state index contributed by atoms with van der Waals surface area (Å²) in [6.07, 6.45) is -0.494. The fraction of sp³-hybridized carbons (Fsp3) is 0.591. The first-order valence-electron chi connectivity index (χ1n) is 10.2. The summed E-state index contributed by atoms with van der Waals surface area (Å²) in [6, 6.07) is 5.65. The van der Waals surface area contributed by atoms with Gasteiger partial charge in [-0.25, -0.2) is 9.59 Å². The highest BCUT2D eigenvalue weighted by atomic mass is 16.6. The number of cyclic esters (lactones) is 1. The van der Waals surface area contributed by atoms with Crippen molar-refractivity contribution in [1.82, 2.24) is 4.90 Å². The molecule has 0 spiro atoms. The minimum absolute atomic E-state index is 0.0504. The van der Waals surface area contributed by atoms with E-state index in [0.29, 0.717) is 12.1 Å². The Labute approximate surface area is 177 Å². The van der Waals surface area contributed by atoms with E-state index in [9.17, 15) is 19.5 Å². The van der Waals surface area contributed by atoms with Crippen LogP contribution in [0, 0.1) is 5.41 Å². The van der Waals surface area contributed by atoms with Crippen LogP contribution in [-0.2, 0) is 16.0 Å². The van der Waals surface area contributed by atoms with Crippen molar-refractivity contribution in [2.75, 3.05) is 22.9 Å². The number of carboxylic acid groups (broad SMARTS) is 1. The van der Waals surface area contributed by atoms with Crippen LogP contribution in [0.2, 0.25) is 0 Å². The summed E-state index contributed by atoms with van der Waals surface area (Å²) in [5.74, 6) is 0. The van der Waals surface area contributed by atoms with Gasteiger partial charge in [-0.05, 0) is 56.4 Å². The Bertz CT molecular complexity index is 855. The molecular weight excluding hydrogens is 386 g/mol. The normalized spacial score (nSPS) is 21.5. The van der Waals surface area contributed by atoms with Crippen molar-refractivity contribution < 1.29 is 24.2 Å². The molecule has 2 heterocycles. The minimum atomic E-state index is -1.04. The smallest absolute Gasteiger partial charge is 0.414 e. The monoisotopic (exact) mass is 417 g/mol. The van der Waals surface area contributed by atoms with Crippen LogP contribution in [0.15, 0.2) is 18.2 Å². The lowest BCUT2D eigenvalue weighted by atomic mass is 9.84. The standard InChI is InChI=1S/C22H31N3O5/c1-21(2,3)18-10-14-9-15(7-8-17(14)24(18)13-26)23-11-16(30-20(23)29)12-25(19(27)28)22(4,5)6/h7-9,13,16,18H,10-12H2,1-6H3,(H,27,28)/t16-,18?/m1/s1. The van der Waals surface area contributed by atoms with Gasteiger partial charge < -0.3 is 14.7 Å². The van der Waals surface area contributed by atoms with Crippen molar-refractivity contribution in [3.8, 4) is 0 Å². The van der Waals surface area contributed by atoms with E-state index < -0.39 is 23.8 Å². The van der Waals surface area contributed by atoms with Crippen LogP contribution in [0.25, 0.3) is 0 Å². The van der Waals surface area contributed by atoms with Gasteiger partial charge in [0.1, 0.15) is 6.10 Å². The predicted molar refractivity (Wildman–Crippen MR) is 114 cm³/mol. The maximum atomic E-state index is 12.5. The molecule has 3 rings (SSSR count). The number of amides is 3. The summed E-state index contributed by atoms with van der Waals surface area (Å²) in [5, 5.41) is 9.50. The molecule has 30 heavy (non-hydrogen) atoms. The second-order valence-corrected chi connectivity index (χ2v) is 10.1. The van der Waals surface area contributed by atoms with Gasteiger partial charge in [0, 0.05) is 23.0 Å². The molecule has 0 saturated carbocycles. The number of fused-ring (bicyclic) bond motifs is 1. The van der Waals surface area contributed by atoms with E-state index in [1.54, 1.807) is 25.7 Å². The van der Waals surface area contributed by atoms with Crippen molar-refractivity contribution in [2.24, 2.45) is 5.41 Å². The first kappa shape index (κ1) is 21.9. The highest BCUT2D eigenvalue weighted by Crippen LogP contribution is 2.41. The average Bonchev–Trinajstić information content (AvgIpc) is 3.17. The van der Waals surface area contributed by atoms with Crippen molar-refractivity contribution >= 4 is 30.0 Å². The Balaban J connectivity index is 1.79. The summed E-state index contributed by atoms with van der Waals surface area (Å²) >= 11 is 0. The summed E-state index contributed by atoms with van der Waals surface area (Å²) < 4.78 is 5.46. The molecule has 0 aliphatic carbocycles. The second-order valence-electron chi connectivity index (χ2n) is 10.1. The van der Waals surface area contributed by atoms with E-state index in [2.05, 4.69) is 20.8 Å². The molecule has 1 aromatic rings. The fourth-order valence-electron chi connectivity index (χ4n) is 4.15. The summed E-state index contributed by atoms with van der Waals surface area (Å²) in [7, 11) is 0. The zero-order chi connectivity index (χ0) is 22.4. The highest BCUT2D eigenvalue weighted by Gasteiger charge is 2.40. The SMILES string of the molecule is CC(C)(C)C1Cc2cc(N3C[C@H](CN(C(=O)O)C(C)(C)C)OC3=O)ccc2N1C=O. The van der Waals surface area contributed by atoms with Gasteiger partial charge in [-0.15, -0.1) is 0 Å². The molecule has 8 heteroatoms.